The Hall–Kier alpha value is -1.11. The number of ketones is 1. The molecule has 0 radical (unpaired) electrons. The van der Waals surface area contributed by atoms with Crippen LogP contribution < -0.4 is 0 Å². The van der Waals surface area contributed by atoms with Gasteiger partial charge in [-0.15, -0.1) is 0 Å². The molecule has 118 valence electrons. The Balaban J connectivity index is 1.81. The fraction of sp³-hybridized carbons (Fsp3) is 0.800. The van der Waals surface area contributed by atoms with Crippen LogP contribution in [-0.2, 0) is 9.53 Å². The highest BCUT2D eigenvalue weighted by Gasteiger charge is 2.45. The van der Waals surface area contributed by atoms with E-state index >= 15 is 0 Å². The lowest BCUT2D eigenvalue weighted by molar-refractivity contribution is -0.137. The molecule has 21 heavy (non-hydrogen) atoms. The maximum Gasteiger partial charge on any atom is 0.207 e. The Morgan fingerprint density at radius 1 is 0.952 bits per heavy atom. The molecule has 4 N–H and O–H groups in total. The fourth-order valence-electron chi connectivity index (χ4n) is 3.71. The molecular weight excluding hydrogens is 276 g/mol. The van der Waals surface area contributed by atoms with Gasteiger partial charge in [-0.1, -0.05) is 0 Å². The number of carbonyl (C=O) groups is 1. The van der Waals surface area contributed by atoms with Crippen molar-refractivity contribution in [1.82, 2.24) is 0 Å². The zero-order chi connectivity index (χ0) is 15.1. The number of aliphatic hydroxyl groups excluding tert-OH is 4. The predicted octanol–water partition coefficient (Wildman–Crippen LogP) is 0.407. The standard InChI is InChI=1S/C15H22O6/c16-8-2-3-9-12(6-8)21-15(14(20)13(9)19)7-1-4-10(17)11(18)5-7/h7-12,16-18,20H,1-6H2. The molecule has 1 heterocycles. The molecule has 6 atom stereocenters. The maximum absolute atomic E-state index is 12.3. The van der Waals surface area contributed by atoms with E-state index in [4.69, 9.17) is 4.74 Å². The van der Waals surface area contributed by atoms with Crippen molar-refractivity contribution in [3.8, 4) is 0 Å². The molecule has 0 saturated heterocycles. The molecule has 6 heteroatoms. The van der Waals surface area contributed by atoms with Gasteiger partial charge in [0.1, 0.15) is 11.9 Å². The largest absolute Gasteiger partial charge is 0.502 e. The number of aliphatic hydroxyl groups is 4. The first-order valence-corrected chi connectivity index (χ1v) is 7.65. The van der Waals surface area contributed by atoms with E-state index in [1.807, 2.05) is 0 Å². The van der Waals surface area contributed by atoms with Gasteiger partial charge in [0.2, 0.25) is 5.78 Å². The highest BCUT2D eigenvalue weighted by molar-refractivity contribution is 5.96. The summed E-state index contributed by atoms with van der Waals surface area (Å²) in [6.45, 7) is 0. The van der Waals surface area contributed by atoms with Crippen molar-refractivity contribution >= 4 is 5.78 Å². The summed E-state index contributed by atoms with van der Waals surface area (Å²) in [5.74, 6) is -1.04. The zero-order valence-corrected chi connectivity index (χ0v) is 11.8. The molecule has 6 unspecified atom stereocenters. The first kappa shape index (κ1) is 14.8. The van der Waals surface area contributed by atoms with E-state index in [-0.39, 0.29) is 35.6 Å². The van der Waals surface area contributed by atoms with E-state index in [2.05, 4.69) is 0 Å². The number of fused-ring (bicyclic) bond motifs is 1. The van der Waals surface area contributed by atoms with Crippen LogP contribution in [0.25, 0.3) is 0 Å². The summed E-state index contributed by atoms with van der Waals surface area (Å²) in [5, 5.41) is 39.2. The molecule has 0 aromatic carbocycles. The SMILES string of the molecule is O=C1C(O)=C(C2CCC(O)C(O)C2)OC2CC(O)CCC12. The lowest BCUT2D eigenvalue weighted by atomic mass is 9.77. The summed E-state index contributed by atoms with van der Waals surface area (Å²) < 4.78 is 5.82. The molecule has 0 aromatic rings. The van der Waals surface area contributed by atoms with Gasteiger partial charge in [-0.2, -0.15) is 0 Å². The van der Waals surface area contributed by atoms with Crippen molar-refractivity contribution in [2.75, 3.05) is 0 Å². The normalized spacial score (nSPS) is 44.2. The Labute approximate surface area is 123 Å². The number of ether oxygens (including phenoxy) is 1. The van der Waals surface area contributed by atoms with Gasteiger partial charge in [0.25, 0.3) is 0 Å². The third-order valence-electron chi connectivity index (χ3n) is 5.00. The average molecular weight is 298 g/mol. The summed E-state index contributed by atoms with van der Waals surface area (Å²) in [6, 6.07) is 0. The minimum atomic E-state index is -0.863. The molecule has 1 aliphatic heterocycles. The van der Waals surface area contributed by atoms with Crippen LogP contribution in [0.5, 0.6) is 0 Å². The second-order valence-electron chi connectivity index (χ2n) is 6.45. The van der Waals surface area contributed by atoms with Crippen LogP contribution in [0.15, 0.2) is 11.5 Å². The molecule has 6 nitrogen and oxygen atoms in total. The van der Waals surface area contributed by atoms with Gasteiger partial charge in [-0.05, 0) is 32.1 Å². The molecule has 0 bridgehead atoms. The smallest absolute Gasteiger partial charge is 0.207 e. The molecule has 0 aromatic heterocycles. The highest BCUT2D eigenvalue weighted by Crippen LogP contribution is 2.41. The van der Waals surface area contributed by atoms with Crippen LogP contribution >= 0.6 is 0 Å². The predicted molar refractivity (Wildman–Crippen MR) is 72.2 cm³/mol. The Morgan fingerprint density at radius 3 is 2.43 bits per heavy atom. The van der Waals surface area contributed by atoms with Crippen LogP contribution in [0, 0.1) is 11.8 Å². The molecular formula is C15H22O6. The lowest BCUT2D eigenvalue weighted by Gasteiger charge is -2.40. The van der Waals surface area contributed by atoms with Crippen molar-refractivity contribution in [1.29, 1.82) is 0 Å². The second kappa shape index (κ2) is 5.59. The molecule has 3 aliphatic rings. The number of hydrogen-bond acceptors (Lipinski definition) is 6. The zero-order valence-electron chi connectivity index (χ0n) is 11.8. The summed E-state index contributed by atoms with van der Waals surface area (Å²) in [7, 11) is 0. The highest BCUT2D eigenvalue weighted by atomic mass is 16.5. The van der Waals surface area contributed by atoms with Crippen LogP contribution in [0.4, 0.5) is 0 Å². The lowest BCUT2D eigenvalue weighted by Crippen LogP contribution is -2.44. The molecule has 0 spiro atoms. The van der Waals surface area contributed by atoms with E-state index < -0.39 is 24.4 Å². The number of carbonyl (C=O) groups excluding carboxylic acids is 1. The van der Waals surface area contributed by atoms with Crippen LogP contribution in [0.3, 0.4) is 0 Å². The van der Waals surface area contributed by atoms with Gasteiger partial charge in [-0.3, -0.25) is 4.79 Å². The van der Waals surface area contributed by atoms with E-state index in [0.717, 1.165) is 0 Å². The molecule has 3 rings (SSSR count). The monoisotopic (exact) mass is 298 g/mol. The Kier molecular flexibility index (Phi) is 3.94. The van der Waals surface area contributed by atoms with Crippen molar-refractivity contribution < 1.29 is 30.0 Å². The molecule has 2 fully saturated rings. The van der Waals surface area contributed by atoms with E-state index in [9.17, 15) is 25.2 Å². The van der Waals surface area contributed by atoms with Crippen molar-refractivity contribution in [3.63, 3.8) is 0 Å². The summed E-state index contributed by atoms with van der Waals surface area (Å²) in [5.41, 5.74) is 0. The van der Waals surface area contributed by atoms with Gasteiger partial charge in [0.05, 0.1) is 24.2 Å². The number of Topliss-reactive ketones (excluding diaryl/α,β-unsaturated/α-hetero) is 1. The third-order valence-corrected chi connectivity index (χ3v) is 5.00. The number of rotatable bonds is 1. The van der Waals surface area contributed by atoms with Gasteiger partial charge in [0, 0.05) is 12.3 Å². The maximum atomic E-state index is 12.3. The van der Waals surface area contributed by atoms with Crippen LogP contribution in [0.2, 0.25) is 0 Å². The van der Waals surface area contributed by atoms with E-state index in [0.29, 0.717) is 32.1 Å². The van der Waals surface area contributed by atoms with Gasteiger partial charge < -0.3 is 25.2 Å². The quantitative estimate of drug-likeness (QED) is 0.558. The Morgan fingerprint density at radius 2 is 1.71 bits per heavy atom. The first-order valence-electron chi connectivity index (χ1n) is 7.65. The van der Waals surface area contributed by atoms with Gasteiger partial charge in [0.15, 0.2) is 5.76 Å². The number of allylic oxidation sites excluding steroid dienone is 2. The van der Waals surface area contributed by atoms with Crippen molar-refractivity contribution in [2.45, 2.75) is 62.9 Å². The molecule has 2 aliphatic carbocycles. The molecule has 2 saturated carbocycles. The minimum Gasteiger partial charge on any atom is -0.502 e. The fourth-order valence-corrected chi connectivity index (χ4v) is 3.71. The summed E-state index contributed by atoms with van der Waals surface area (Å²) in [6.07, 6.45) is 0.224. The van der Waals surface area contributed by atoms with Crippen molar-refractivity contribution in [3.05, 3.63) is 11.5 Å². The van der Waals surface area contributed by atoms with Crippen LogP contribution in [-0.4, -0.2) is 50.6 Å². The number of hydrogen-bond donors (Lipinski definition) is 4. The Bertz CT molecular complexity index is 459. The summed E-state index contributed by atoms with van der Waals surface area (Å²) >= 11 is 0. The van der Waals surface area contributed by atoms with Gasteiger partial charge in [-0.25, -0.2) is 0 Å². The average Bonchev–Trinajstić information content (AvgIpc) is 2.45. The topological polar surface area (TPSA) is 107 Å². The third kappa shape index (κ3) is 2.67. The second-order valence-corrected chi connectivity index (χ2v) is 6.45. The van der Waals surface area contributed by atoms with Crippen LogP contribution in [0.1, 0.15) is 38.5 Å². The van der Waals surface area contributed by atoms with E-state index in [1.165, 1.54) is 0 Å². The minimum absolute atomic E-state index is 0.237. The van der Waals surface area contributed by atoms with Gasteiger partial charge >= 0.3 is 0 Å². The van der Waals surface area contributed by atoms with Crippen molar-refractivity contribution in [2.24, 2.45) is 11.8 Å². The van der Waals surface area contributed by atoms with E-state index in [1.54, 1.807) is 0 Å². The molecule has 0 amide bonds. The summed E-state index contributed by atoms with van der Waals surface area (Å²) in [4.78, 5) is 12.3. The first-order chi connectivity index (χ1) is 9.97.